The Balaban J connectivity index is 1.86. The average Bonchev–Trinajstić information content (AvgIpc) is 3.10. The van der Waals surface area contributed by atoms with Gasteiger partial charge in [0.2, 0.25) is 0 Å². The Kier molecular flexibility index (Phi) is 6.89. The summed E-state index contributed by atoms with van der Waals surface area (Å²) in [6.07, 6.45) is 0.905. The largest absolute Gasteiger partial charge is 0.497 e. The minimum atomic E-state index is -4.25. The standard InChI is InChI=1S/C27H33N5O4S/c1-16-14-27(4,5)32(15-16)25-21(26(33)31-37(34,35)23-9-7-8-22(28)29-23)12-18(3)24(30-25)20-13-19(36-6)11-10-17(20)2/h7-13,16H,14-15H2,1-6H3,(H2,28,29)(H,31,33). The lowest BCUT2D eigenvalue weighted by molar-refractivity contribution is 0.0981. The van der Waals surface area contributed by atoms with E-state index < -0.39 is 15.9 Å². The Hall–Kier alpha value is -3.66. The molecule has 0 radical (unpaired) electrons. The third-order valence-corrected chi connectivity index (χ3v) is 7.95. The summed E-state index contributed by atoms with van der Waals surface area (Å²) in [5.41, 5.74) is 8.87. The number of benzene rings is 1. The molecule has 1 aliphatic rings. The van der Waals surface area contributed by atoms with E-state index in [1.807, 2.05) is 32.0 Å². The predicted molar refractivity (Wildman–Crippen MR) is 144 cm³/mol. The number of aryl methyl sites for hydroxylation is 2. The van der Waals surface area contributed by atoms with Crippen molar-refractivity contribution in [2.45, 2.75) is 51.6 Å². The average molecular weight is 524 g/mol. The van der Waals surface area contributed by atoms with Gasteiger partial charge >= 0.3 is 0 Å². The Morgan fingerprint density at radius 2 is 1.86 bits per heavy atom. The number of amides is 1. The van der Waals surface area contributed by atoms with Gasteiger partial charge in [0.25, 0.3) is 15.9 Å². The molecule has 1 aromatic carbocycles. The van der Waals surface area contributed by atoms with E-state index >= 15 is 0 Å². The number of nitrogens with one attached hydrogen (secondary N) is 1. The van der Waals surface area contributed by atoms with Crippen molar-refractivity contribution in [1.82, 2.24) is 14.7 Å². The summed E-state index contributed by atoms with van der Waals surface area (Å²) in [7, 11) is -2.65. The minimum absolute atomic E-state index is 0.0411. The van der Waals surface area contributed by atoms with Gasteiger partial charge < -0.3 is 15.4 Å². The second-order valence-electron chi connectivity index (χ2n) is 10.3. The highest BCUT2D eigenvalue weighted by Gasteiger charge is 2.39. The molecule has 2 aromatic heterocycles. The first-order chi connectivity index (χ1) is 17.3. The second kappa shape index (κ2) is 9.66. The zero-order valence-corrected chi connectivity index (χ0v) is 22.8. The van der Waals surface area contributed by atoms with Crippen LogP contribution in [0.4, 0.5) is 11.6 Å². The highest BCUT2D eigenvalue weighted by atomic mass is 32.2. The molecule has 9 nitrogen and oxygen atoms in total. The quantitative estimate of drug-likeness (QED) is 0.494. The van der Waals surface area contributed by atoms with Crippen molar-refractivity contribution in [3.05, 3.63) is 59.2 Å². The summed E-state index contributed by atoms with van der Waals surface area (Å²) in [5.74, 6) is 0.765. The number of nitrogens with zero attached hydrogens (tertiary/aromatic N) is 3. The summed E-state index contributed by atoms with van der Waals surface area (Å²) in [6.45, 7) is 10.9. The number of carbonyl (C=O) groups excluding carboxylic acids is 1. The fourth-order valence-electron chi connectivity index (χ4n) is 5.00. The molecule has 196 valence electrons. The molecule has 0 saturated carbocycles. The van der Waals surface area contributed by atoms with Gasteiger partial charge in [0.1, 0.15) is 17.4 Å². The summed E-state index contributed by atoms with van der Waals surface area (Å²) in [5, 5.41) is -0.328. The minimum Gasteiger partial charge on any atom is -0.497 e. The molecule has 3 N–H and O–H groups in total. The highest BCUT2D eigenvalue weighted by Crippen LogP contribution is 2.40. The topological polar surface area (TPSA) is 128 Å². The van der Waals surface area contributed by atoms with Crippen LogP contribution >= 0.6 is 0 Å². The van der Waals surface area contributed by atoms with Crippen molar-refractivity contribution in [2.75, 3.05) is 24.3 Å². The Bertz CT molecular complexity index is 1470. The number of rotatable bonds is 6. The summed E-state index contributed by atoms with van der Waals surface area (Å²) in [4.78, 5) is 24.5. The number of carbonyl (C=O) groups is 1. The molecule has 0 aliphatic carbocycles. The predicted octanol–water partition coefficient (Wildman–Crippen LogP) is 4.09. The second-order valence-corrected chi connectivity index (χ2v) is 11.9. The van der Waals surface area contributed by atoms with E-state index in [1.165, 1.54) is 18.2 Å². The van der Waals surface area contributed by atoms with Crippen LogP contribution in [0, 0.1) is 19.8 Å². The number of anilines is 2. The molecule has 3 heterocycles. The summed E-state index contributed by atoms with van der Waals surface area (Å²) in [6, 6.07) is 11.7. The number of nitrogens with two attached hydrogens (primary N) is 1. The summed E-state index contributed by atoms with van der Waals surface area (Å²) < 4.78 is 33.5. The van der Waals surface area contributed by atoms with E-state index in [0.29, 0.717) is 29.7 Å². The normalized spacial score (nSPS) is 17.0. The van der Waals surface area contributed by atoms with E-state index in [9.17, 15) is 13.2 Å². The number of sulfonamides is 1. The van der Waals surface area contributed by atoms with Crippen molar-refractivity contribution in [3.63, 3.8) is 0 Å². The molecule has 1 aliphatic heterocycles. The van der Waals surface area contributed by atoms with E-state index in [4.69, 9.17) is 15.5 Å². The lowest BCUT2D eigenvalue weighted by Gasteiger charge is -2.34. The van der Waals surface area contributed by atoms with Crippen LogP contribution in [0.1, 0.15) is 48.7 Å². The Labute approximate surface area is 218 Å². The molecule has 0 bridgehead atoms. The first-order valence-electron chi connectivity index (χ1n) is 12.1. The zero-order valence-electron chi connectivity index (χ0n) is 22.0. The molecule has 1 fully saturated rings. The number of hydrogen-bond acceptors (Lipinski definition) is 8. The smallest absolute Gasteiger partial charge is 0.281 e. The zero-order chi connectivity index (χ0) is 27.1. The lowest BCUT2D eigenvalue weighted by Crippen LogP contribution is -2.41. The maximum absolute atomic E-state index is 13.5. The molecular formula is C27H33N5O4S. The molecule has 3 aromatic rings. The molecule has 1 unspecified atom stereocenters. The van der Waals surface area contributed by atoms with Gasteiger partial charge in [-0.1, -0.05) is 19.1 Å². The van der Waals surface area contributed by atoms with Crippen LogP contribution in [0.5, 0.6) is 5.75 Å². The van der Waals surface area contributed by atoms with Crippen LogP contribution in [0.2, 0.25) is 0 Å². The van der Waals surface area contributed by atoms with Crippen LogP contribution in [0.3, 0.4) is 0 Å². The van der Waals surface area contributed by atoms with Crippen LogP contribution in [-0.2, 0) is 10.0 Å². The van der Waals surface area contributed by atoms with Gasteiger partial charge in [-0.15, -0.1) is 0 Å². The van der Waals surface area contributed by atoms with Gasteiger partial charge in [0.15, 0.2) is 5.03 Å². The van der Waals surface area contributed by atoms with Gasteiger partial charge in [-0.3, -0.25) is 4.79 Å². The number of ether oxygens (including phenoxy) is 1. The van der Waals surface area contributed by atoms with Crippen molar-refractivity contribution in [3.8, 4) is 17.0 Å². The Morgan fingerprint density at radius 3 is 2.49 bits per heavy atom. The van der Waals surface area contributed by atoms with Crippen molar-refractivity contribution in [2.24, 2.45) is 5.92 Å². The number of hydrogen-bond donors (Lipinski definition) is 2. The van der Waals surface area contributed by atoms with Gasteiger partial charge in [-0.25, -0.2) is 14.7 Å². The van der Waals surface area contributed by atoms with Crippen LogP contribution in [0.15, 0.2) is 47.5 Å². The molecule has 0 spiro atoms. The molecular weight excluding hydrogens is 490 g/mol. The van der Waals surface area contributed by atoms with E-state index in [2.05, 4.69) is 35.4 Å². The fraction of sp³-hybridized carbons (Fsp3) is 0.370. The van der Waals surface area contributed by atoms with E-state index in [-0.39, 0.29) is 21.9 Å². The molecule has 4 rings (SSSR count). The number of methoxy groups -OCH3 is 1. The third-order valence-electron chi connectivity index (χ3n) is 6.71. The fourth-order valence-corrected chi connectivity index (χ4v) is 5.94. The lowest BCUT2D eigenvalue weighted by atomic mass is 9.96. The van der Waals surface area contributed by atoms with Gasteiger partial charge in [-0.05, 0) is 81.5 Å². The molecule has 10 heteroatoms. The molecule has 1 saturated heterocycles. The van der Waals surface area contributed by atoms with Crippen molar-refractivity contribution in [1.29, 1.82) is 0 Å². The maximum Gasteiger partial charge on any atom is 0.281 e. The SMILES string of the molecule is COc1ccc(C)c(-c2nc(N3CC(C)CC3(C)C)c(C(=O)NS(=O)(=O)c3cccc(N)n3)cc2C)c1. The summed E-state index contributed by atoms with van der Waals surface area (Å²) >= 11 is 0. The first-order valence-corrected chi connectivity index (χ1v) is 13.5. The van der Waals surface area contributed by atoms with E-state index in [1.54, 1.807) is 13.2 Å². The van der Waals surface area contributed by atoms with E-state index in [0.717, 1.165) is 23.1 Å². The van der Waals surface area contributed by atoms with Gasteiger partial charge in [0.05, 0.1) is 18.4 Å². The maximum atomic E-state index is 13.5. The highest BCUT2D eigenvalue weighted by molar-refractivity contribution is 7.90. The van der Waals surface area contributed by atoms with Crippen LogP contribution in [0.25, 0.3) is 11.3 Å². The third kappa shape index (κ3) is 5.24. The van der Waals surface area contributed by atoms with Crippen molar-refractivity contribution >= 4 is 27.6 Å². The number of aromatic nitrogens is 2. The molecule has 37 heavy (non-hydrogen) atoms. The van der Waals surface area contributed by atoms with Crippen LogP contribution in [-0.4, -0.2) is 43.5 Å². The van der Waals surface area contributed by atoms with Gasteiger partial charge in [0, 0.05) is 17.6 Å². The monoisotopic (exact) mass is 523 g/mol. The first kappa shape index (κ1) is 26.4. The van der Waals surface area contributed by atoms with Gasteiger partial charge in [-0.2, -0.15) is 8.42 Å². The number of pyridine rings is 2. The molecule has 1 atom stereocenters. The Morgan fingerprint density at radius 1 is 1.14 bits per heavy atom. The number of nitrogen functional groups attached to an aromatic ring is 1. The van der Waals surface area contributed by atoms with Crippen LogP contribution < -0.4 is 20.1 Å². The molecule has 1 amide bonds. The van der Waals surface area contributed by atoms with Crippen molar-refractivity contribution < 1.29 is 17.9 Å².